The molecular formula is C8H4NO2-. The summed E-state index contributed by atoms with van der Waals surface area (Å²) in [7, 11) is 0. The third-order valence-corrected chi connectivity index (χ3v) is 1.25. The zero-order chi connectivity index (χ0) is 8.27. The van der Waals surface area contributed by atoms with Gasteiger partial charge in [0.1, 0.15) is 0 Å². The highest BCUT2D eigenvalue weighted by molar-refractivity contribution is 5.85. The first kappa shape index (κ1) is 7.29. The van der Waals surface area contributed by atoms with Gasteiger partial charge in [0.05, 0.1) is 17.6 Å². The predicted octanol–water partition coefficient (Wildman–Crippen LogP) is -0.0782. The smallest absolute Gasteiger partial charge is 0.0991 e. The van der Waals surface area contributed by atoms with E-state index in [0.29, 0.717) is 5.56 Å². The van der Waals surface area contributed by atoms with E-state index in [9.17, 15) is 9.90 Å². The molecule has 0 unspecified atom stereocenters. The molecule has 0 aliphatic rings. The second-order valence-electron chi connectivity index (χ2n) is 1.98. The summed E-state index contributed by atoms with van der Waals surface area (Å²) in [6.45, 7) is 0. The van der Waals surface area contributed by atoms with Gasteiger partial charge in [-0.25, -0.2) is 0 Å². The van der Waals surface area contributed by atoms with Crippen molar-refractivity contribution >= 4 is 5.97 Å². The first-order chi connectivity index (χ1) is 5.24. The molecule has 0 saturated carbocycles. The quantitative estimate of drug-likeness (QED) is 0.556. The largest absolute Gasteiger partial charge is 0.545 e. The van der Waals surface area contributed by atoms with Gasteiger partial charge in [-0.15, -0.1) is 0 Å². The highest BCUT2D eigenvalue weighted by Crippen LogP contribution is 2.01. The lowest BCUT2D eigenvalue weighted by atomic mass is 10.1. The number of carbonyl (C=O) groups excluding carboxylic acids is 1. The lowest BCUT2D eigenvalue weighted by Crippen LogP contribution is -2.21. The molecule has 0 fully saturated rings. The van der Waals surface area contributed by atoms with Crippen LogP contribution in [0.2, 0.25) is 0 Å². The van der Waals surface area contributed by atoms with Crippen LogP contribution in [0.3, 0.4) is 0 Å². The minimum Gasteiger partial charge on any atom is -0.545 e. The number of hydrogen-bond acceptors (Lipinski definition) is 3. The molecule has 0 atom stereocenters. The van der Waals surface area contributed by atoms with Gasteiger partial charge in [-0.2, -0.15) is 5.26 Å². The Morgan fingerprint density at radius 3 is 2.27 bits per heavy atom. The molecule has 54 valence electrons. The van der Waals surface area contributed by atoms with Crippen LogP contribution in [0.15, 0.2) is 24.3 Å². The van der Waals surface area contributed by atoms with Crippen molar-refractivity contribution in [2.75, 3.05) is 0 Å². The Balaban J connectivity index is 3.03. The van der Waals surface area contributed by atoms with Gasteiger partial charge in [0.25, 0.3) is 0 Å². The van der Waals surface area contributed by atoms with Gasteiger partial charge >= 0.3 is 0 Å². The Labute approximate surface area is 63.5 Å². The molecule has 0 aliphatic carbocycles. The van der Waals surface area contributed by atoms with E-state index in [0.717, 1.165) is 0 Å². The monoisotopic (exact) mass is 146 g/mol. The van der Waals surface area contributed by atoms with Crippen LogP contribution in [0.4, 0.5) is 0 Å². The van der Waals surface area contributed by atoms with Crippen molar-refractivity contribution < 1.29 is 9.90 Å². The zero-order valence-electron chi connectivity index (χ0n) is 5.57. The van der Waals surface area contributed by atoms with Gasteiger partial charge in [-0.3, -0.25) is 0 Å². The second kappa shape index (κ2) is 2.84. The van der Waals surface area contributed by atoms with Crippen molar-refractivity contribution in [1.29, 1.82) is 5.26 Å². The fourth-order valence-corrected chi connectivity index (χ4v) is 0.681. The molecule has 1 aromatic rings. The molecule has 0 radical (unpaired) electrons. The van der Waals surface area contributed by atoms with E-state index < -0.39 is 5.97 Å². The highest BCUT2D eigenvalue weighted by atomic mass is 16.4. The summed E-state index contributed by atoms with van der Waals surface area (Å²) in [5.41, 5.74) is 0.527. The average Bonchev–Trinajstić information content (AvgIpc) is 2.05. The summed E-state index contributed by atoms with van der Waals surface area (Å²) in [5.74, 6) is -1.23. The standard InChI is InChI=1S/C8H5NO2/c9-5-6-1-3-7(4-2-6)8(10)11/h1-4H,(H,10,11)/p-1. The van der Waals surface area contributed by atoms with E-state index in [1.165, 1.54) is 24.3 Å². The molecule has 0 saturated heterocycles. The molecule has 0 aliphatic heterocycles. The van der Waals surface area contributed by atoms with Crippen molar-refractivity contribution in [3.63, 3.8) is 0 Å². The topological polar surface area (TPSA) is 63.9 Å². The number of carboxylic acids is 1. The molecular weight excluding hydrogens is 142 g/mol. The highest BCUT2D eigenvalue weighted by Gasteiger charge is 1.92. The van der Waals surface area contributed by atoms with E-state index in [1.54, 1.807) is 0 Å². The summed E-state index contributed by atoms with van der Waals surface area (Å²) >= 11 is 0. The van der Waals surface area contributed by atoms with Crippen molar-refractivity contribution in [2.24, 2.45) is 0 Å². The predicted molar refractivity (Wildman–Crippen MR) is 35.5 cm³/mol. The molecule has 1 aromatic carbocycles. The second-order valence-corrected chi connectivity index (χ2v) is 1.98. The lowest BCUT2D eigenvalue weighted by molar-refractivity contribution is -0.255. The van der Waals surface area contributed by atoms with Crippen molar-refractivity contribution in [3.05, 3.63) is 35.4 Å². The maximum absolute atomic E-state index is 10.2. The molecule has 0 amide bonds. The van der Waals surface area contributed by atoms with E-state index in [-0.39, 0.29) is 5.56 Å². The summed E-state index contributed by atoms with van der Waals surface area (Å²) in [6, 6.07) is 7.43. The minimum absolute atomic E-state index is 0.0870. The van der Waals surface area contributed by atoms with Crippen LogP contribution in [0.5, 0.6) is 0 Å². The number of hydrogen-bond donors (Lipinski definition) is 0. The van der Waals surface area contributed by atoms with Gasteiger partial charge in [0.2, 0.25) is 0 Å². The van der Waals surface area contributed by atoms with Gasteiger partial charge in [-0.1, -0.05) is 12.1 Å². The maximum Gasteiger partial charge on any atom is 0.0991 e. The SMILES string of the molecule is N#Cc1ccc(C(=O)[O-])cc1. The van der Waals surface area contributed by atoms with E-state index in [2.05, 4.69) is 0 Å². The van der Waals surface area contributed by atoms with Crippen molar-refractivity contribution in [3.8, 4) is 6.07 Å². The number of aromatic carboxylic acids is 1. The third-order valence-electron chi connectivity index (χ3n) is 1.25. The molecule has 0 spiro atoms. The lowest BCUT2D eigenvalue weighted by Gasteiger charge is -1.99. The average molecular weight is 146 g/mol. The van der Waals surface area contributed by atoms with Gasteiger partial charge < -0.3 is 9.90 Å². The van der Waals surface area contributed by atoms with Crippen molar-refractivity contribution in [1.82, 2.24) is 0 Å². The molecule has 1 rings (SSSR count). The zero-order valence-corrected chi connectivity index (χ0v) is 5.57. The molecule has 11 heavy (non-hydrogen) atoms. The van der Waals surface area contributed by atoms with Crippen molar-refractivity contribution in [2.45, 2.75) is 0 Å². The molecule has 0 aromatic heterocycles. The summed E-state index contributed by atoms with van der Waals surface area (Å²) in [4.78, 5) is 10.2. The van der Waals surface area contributed by atoms with Crippen LogP contribution >= 0.6 is 0 Å². The minimum atomic E-state index is -1.23. The number of nitrogens with zero attached hydrogens (tertiary/aromatic N) is 1. The number of rotatable bonds is 1. The fourth-order valence-electron chi connectivity index (χ4n) is 0.681. The van der Waals surface area contributed by atoms with Crippen LogP contribution in [0.25, 0.3) is 0 Å². The van der Waals surface area contributed by atoms with E-state index in [1.807, 2.05) is 6.07 Å². The first-order valence-electron chi connectivity index (χ1n) is 2.95. The van der Waals surface area contributed by atoms with Gasteiger partial charge in [-0.05, 0) is 17.7 Å². The number of nitriles is 1. The molecule has 3 nitrogen and oxygen atoms in total. The summed E-state index contributed by atoms with van der Waals surface area (Å²) in [5, 5.41) is 18.6. The molecule has 0 N–H and O–H groups in total. The third kappa shape index (κ3) is 1.55. The van der Waals surface area contributed by atoms with Crippen LogP contribution in [0, 0.1) is 11.3 Å². The van der Waals surface area contributed by atoms with Crippen LogP contribution in [-0.2, 0) is 0 Å². The number of carbonyl (C=O) groups is 1. The van der Waals surface area contributed by atoms with Gasteiger partial charge in [0, 0.05) is 0 Å². The fraction of sp³-hybridized carbons (Fsp3) is 0. The van der Waals surface area contributed by atoms with Crippen LogP contribution < -0.4 is 5.11 Å². The van der Waals surface area contributed by atoms with Crippen LogP contribution in [0.1, 0.15) is 15.9 Å². The van der Waals surface area contributed by atoms with E-state index >= 15 is 0 Å². The first-order valence-corrected chi connectivity index (χ1v) is 2.95. The molecule has 0 heterocycles. The Hall–Kier alpha value is -1.82. The van der Waals surface area contributed by atoms with E-state index in [4.69, 9.17) is 5.26 Å². The summed E-state index contributed by atoms with van der Waals surface area (Å²) in [6.07, 6.45) is 0. The molecule has 3 heteroatoms. The Morgan fingerprint density at radius 1 is 1.36 bits per heavy atom. The maximum atomic E-state index is 10.2. The van der Waals surface area contributed by atoms with Crippen LogP contribution in [-0.4, -0.2) is 5.97 Å². The van der Waals surface area contributed by atoms with Gasteiger partial charge in [0.15, 0.2) is 0 Å². The Kier molecular flexibility index (Phi) is 1.88. The summed E-state index contributed by atoms with van der Waals surface area (Å²) < 4.78 is 0. The molecule has 0 bridgehead atoms. The number of carboxylic acid groups (broad SMARTS) is 1. The Morgan fingerprint density at radius 2 is 1.91 bits per heavy atom. The Bertz CT molecular complexity index is 308. The number of benzene rings is 1. The normalized spacial score (nSPS) is 8.64.